The molecule has 0 bridgehead atoms. The van der Waals surface area contributed by atoms with E-state index in [0.29, 0.717) is 0 Å². The summed E-state index contributed by atoms with van der Waals surface area (Å²) in [5.41, 5.74) is 16.8. The quantitative estimate of drug-likeness (QED) is 0.284. The van der Waals surface area contributed by atoms with Crippen LogP contribution < -0.4 is 9.13 Å². The van der Waals surface area contributed by atoms with Crippen molar-refractivity contribution in [3.8, 4) is 11.3 Å². The summed E-state index contributed by atoms with van der Waals surface area (Å²) in [6, 6.07) is 16.4. The lowest BCUT2D eigenvalue weighted by Crippen LogP contribution is -2.44. The summed E-state index contributed by atoms with van der Waals surface area (Å²) in [5, 5.41) is 0. The molecule has 1 atom stereocenters. The Kier molecular flexibility index (Phi) is 6.68. The first-order chi connectivity index (χ1) is 16.8. The van der Waals surface area contributed by atoms with Gasteiger partial charge in [0, 0.05) is 28.8 Å². The van der Waals surface area contributed by atoms with Crippen LogP contribution in [0.15, 0.2) is 54.9 Å². The summed E-state index contributed by atoms with van der Waals surface area (Å²) in [6.07, 6.45) is 4.53. The molecule has 0 amide bonds. The Morgan fingerprint density at radius 3 is 1.81 bits per heavy atom. The Balaban J connectivity index is 2.14. The third-order valence-corrected chi connectivity index (χ3v) is 8.30. The molecule has 0 saturated heterocycles. The highest BCUT2D eigenvalue weighted by Gasteiger charge is 2.41. The van der Waals surface area contributed by atoms with Gasteiger partial charge in [-0.25, -0.2) is 9.13 Å². The molecule has 0 radical (unpaired) electrons. The zero-order valence-electron chi connectivity index (χ0n) is 24.1. The smallest absolute Gasteiger partial charge is 0.204 e. The Morgan fingerprint density at radius 1 is 0.556 bits per heavy atom. The van der Waals surface area contributed by atoms with E-state index in [4.69, 9.17) is 0 Å². The molecular weight excluding hydrogens is 436 g/mol. The standard InChI is InChI=1S/C34H42N2/c1-21-12-13-23(3)30(15-21)34(9,33-18-25(5)27(7)20-36(33)11)31-16-22(2)14-29(28(31)8)32-17-24(4)26(6)19-35(32)10/h12-20H,1-11H3/q+2. The molecular formula is C34H42N2+2. The molecule has 2 nitrogen and oxygen atoms in total. The van der Waals surface area contributed by atoms with Crippen LogP contribution in [0.5, 0.6) is 0 Å². The molecule has 0 N–H and O–H groups in total. The molecule has 2 aromatic heterocycles. The number of benzene rings is 2. The molecule has 4 aromatic rings. The highest BCUT2D eigenvalue weighted by molar-refractivity contribution is 5.68. The summed E-state index contributed by atoms with van der Waals surface area (Å²) >= 11 is 0. The fraction of sp³-hybridized carbons (Fsp3) is 0.353. The second-order valence-corrected chi connectivity index (χ2v) is 11.2. The van der Waals surface area contributed by atoms with Crippen molar-refractivity contribution in [2.45, 2.75) is 67.7 Å². The van der Waals surface area contributed by atoms with Crippen molar-refractivity contribution in [1.29, 1.82) is 0 Å². The second kappa shape index (κ2) is 9.32. The number of aryl methyl sites for hydroxylation is 9. The van der Waals surface area contributed by atoms with Crippen LogP contribution >= 0.6 is 0 Å². The zero-order valence-corrected chi connectivity index (χ0v) is 24.1. The van der Waals surface area contributed by atoms with Crippen molar-refractivity contribution in [1.82, 2.24) is 0 Å². The molecule has 0 aliphatic carbocycles. The van der Waals surface area contributed by atoms with Gasteiger partial charge in [-0.2, -0.15) is 0 Å². The van der Waals surface area contributed by atoms with E-state index >= 15 is 0 Å². The van der Waals surface area contributed by atoms with E-state index in [1.54, 1.807) is 0 Å². The van der Waals surface area contributed by atoms with Crippen LogP contribution in [0.4, 0.5) is 0 Å². The van der Waals surface area contributed by atoms with E-state index in [0.717, 1.165) is 0 Å². The minimum atomic E-state index is -0.327. The van der Waals surface area contributed by atoms with Crippen LogP contribution in [-0.2, 0) is 19.5 Å². The van der Waals surface area contributed by atoms with Gasteiger partial charge in [-0.1, -0.05) is 29.8 Å². The van der Waals surface area contributed by atoms with Crippen molar-refractivity contribution in [3.05, 3.63) is 116 Å². The van der Waals surface area contributed by atoms with Gasteiger partial charge >= 0.3 is 0 Å². The van der Waals surface area contributed by atoms with Crippen molar-refractivity contribution < 1.29 is 9.13 Å². The normalized spacial score (nSPS) is 13.1. The van der Waals surface area contributed by atoms with Gasteiger partial charge < -0.3 is 0 Å². The number of hydrogen-bond donors (Lipinski definition) is 0. The second-order valence-electron chi connectivity index (χ2n) is 11.2. The third kappa shape index (κ3) is 4.28. The first-order valence-corrected chi connectivity index (χ1v) is 13.0. The Hall–Kier alpha value is -3.26. The average Bonchev–Trinajstić information content (AvgIpc) is 2.81. The lowest BCUT2D eigenvalue weighted by molar-refractivity contribution is -0.682. The van der Waals surface area contributed by atoms with Crippen LogP contribution in [0, 0.1) is 55.4 Å². The molecule has 1 unspecified atom stereocenters. The van der Waals surface area contributed by atoms with Gasteiger partial charge in [-0.3, -0.25) is 0 Å². The lowest BCUT2D eigenvalue weighted by atomic mass is 9.68. The Labute approximate surface area is 218 Å². The fourth-order valence-electron chi connectivity index (χ4n) is 5.87. The topological polar surface area (TPSA) is 7.76 Å². The lowest BCUT2D eigenvalue weighted by Gasteiger charge is -2.33. The van der Waals surface area contributed by atoms with Crippen molar-refractivity contribution in [3.63, 3.8) is 0 Å². The molecule has 2 heterocycles. The Bertz CT molecular complexity index is 1490. The molecule has 4 rings (SSSR count). The van der Waals surface area contributed by atoms with Gasteiger partial charge in [-0.05, 0) is 107 Å². The molecule has 0 aliphatic heterocycles. The molecule has 2 aromatic carbocycles. The monoisotopic (exact) mass is 478 g/mol. The average molecular weight is 479 g/mol. The maximum Gasteiger partial charge on any atom is 0.212 e. The van der Waals surface area contributed by atoms with Crippen LogP contribution in [0.1, 0.15) is 68.3 Å². The number of hydrogen-bond acceptors (Lipinski definition) is 0. The predicted molar refractivity (Wildman–Crippen MR) is 151 cm³/mol. The molecule has 36 heavy (non-hydrogen) atoms. The molecule has 0 spiro atoms. The molecule has 0 saturated carbocycles. The minimum absolute atomic E-state index is 0.327. The number of rotatable bonds is 4. The molecule has 0 aliphatic rings. The maximum atomic E-state index is 2.42. The summed E-state index contributed by atoms with van der Waals surface area (Å²) in [5.74, 6) is 0. The van der Waals surface area contributed by atoms with Gasteiger partial charge in [0.05, 0.1) is 0 Å². The first-order valence-electron chi connectivity index (χ1n) is 13.0. The highest BCUT2D eigenvalue weighted by Crippen LogP contribution is 2.43. The van der Waals surface area contributed by atoms with E-state index in [1.165, 1.54) is 72.6 Å². The molecule has 0 fully saturated rings. The summed E-state index contributed by atoms with van der Waals surface area (Å²) in [7, 11) is 4.36. The first kappa shape index (κ1) is 25.8. The van der Waals surface area contributed by atoms with Gasteiger partial charge in [0.25, 0.3) is 0 Å². The van der Waals surface area contributed by atoms with Crippen molar-refractivity contribution >= 4 is 0 Å². The SMILES string of the molecule is Cc1ccc(C)c(C(C)(c2cc(C)cc(-c3cc(C)c(C)c[n+]3C)c2C)c2cc(C)c(C)c[n+]2C)c1. The maximum absolute atomic E-state index is 2.42. The van der Waals surface area contributed by atoms with Crippen LogP contribution in [-0.4, -0.2) is 0 Å². The van der Waals surface area contributed by atoms with Gasteiger partial charge in [0.2, 0.25) is 5.69 Å². The largest absolute Gasteiger partial charge is 0.212 e. The van der Waals surface area contributed by atoms with E-state index in [-0.39, 0.29) is 5.41 Å². The predicted octanol–water partition coefficient (Wildman–Crippen LogP) is 6.82. The zero-order chi connectivity index (χ0) is 26.5. The number of aromatic nitrogens is 2. The summed E-state index contributed by atoms with van der Waals surface area (Å²) < 4.78 is 4.61. The van der Waals surface area contributed by atoms with Crippen LogP contribution in [0.25, 0.3) is 11.3 Å². The van der Waals surface area contributed by atoms with E-state index in [9.17, 15) is 0 Å². The van der Waals surface area contributed by atoms with E-state index in [2.05, 4.69) is 140 Å². The van der Waals surface area contributed by atoms with Gasteiger partial charge in [-0.15, -0.1) is 0 Å². The van der Waals surface area contributed by atoms with Gasteiger partial charge in [0.15, 0.2) is 18.1 Å². The minimum Gasteiger partial charge on any atom is -0.204 e. The van der Waals surface area contributed by atoms with Crippen LogP contribution in [0.2, 0.25) is 0 Å². The van der Waals surface area contributed by atoms with Crippen molar-refractivity contribution in [2.75, 3.05) is 0 Å². The summed E-state index contributed by atoms with van der Waals surface area (Å²) in [6.45, 7) is 20.2. The van der Waals surface area contributed by atoms with Crippen LogP contribution in [0.3, 0.4) is 0 Å². The van der Waals surface area contributed by atoms with Crippen molar-refractivity contribution in [2.24, 2.45) is 14.1 Å². The highest BCUT2D eigenvalue weighted by atomic mass is 14.9. The number of pyridine rings is 2. The Morgan fingerprint density at radius 2 is 1.14 bits per heavy atom. The third-order valence-electron chi connectivity index (χ3n) is 8.30. The van der Waals surface area contributed by atoms with E-state index in [1.807, 2.05) is 0 Å². The molecule has 186 valence electrons. The van der Waals surface area contributed by atoms with Gasteiger partial charge in [0.1, 0.15) is 19.5 Å². The summed E-state index contributed by atoms with van der Waals surface area (Å²) in [4.78, 5) is 0. The number of nitrogens with zero attached hydrogens (tertiary/aromatic N) is 2. The fourth-order valence-corrected chi connectivity index (χ4v) is 5.87. The van der Waals surface area contributed by atoms with E-state index < -0.39 is 0 Å². The molecule has 2 heteroatoms.